The van der Waals surface area contributed by atoms with Gasteiger partial charge < -0.3 is 4.98 Å². The van der Waals surface area contributed by atoms with Gasteiger partial charge in [0.05, 0.1) is 0 Å². The Morgan fingerprint density at radius 1 is 1.50 bits per heavy atom. The fourth-order valence-corrected chi connectivity index (χ4v) is 2.46. The van der Waals surface area contributed by atoms with Crippen molar-refractivity contribution >= 4 is 27.7 Å². The van der Waals surface area contributed by atoms with Gasteiger partial charge in [0.15, 0.2) is 0 Å². The molecule has 1 fully saturated rings. The minimum atomic E-state index is -0.238. The van der Waals surface area contributed by atoms with Gasteiger partial charge >= 0.3 is 0 Å². The molecule has 1 aliphatic heterocycles. The first kappa shape index (κ1) is 13.3. The van der Waals surface area contributed by atoms with Crippen molar-refractivity contribution < 1.29 is 9.59 Å². The molecule has 2 rings (SSSR count). The van der Waals surface area contributed by atoms with Crippen molar-refractivity contribution in [3.63, 3.8) is 0 Å². The number of carbonyl (C=O) groups excluding carboxylic acids is 2. The van der Waals surface area contributed by atoms with Crippen LogP contribution in [-0.4, -0.2) is 28.2 Å². The van der Waals surface area contributed by atoms with Crippen LogP contribution in [0.25, 0.3) is 0 Å². The lowest BCUT2D eigenvalue weighted by atomic mass is 9.80. The summed E-state index contributed by atoms with van der Waals surface area (Å²) in [5.41, 5.74) is 0.492. The number of imide groups is 1. The molecule has 1 N–H and O–H groups in total. The third kappa shape index (κ3) is 2.51. The standard InChI is InChI=1S/C13H17BrN2O2/c1-13(2,3)8-4-11(17)16(7-8)12(18)10-5-9(14)6-15-10/h5-6,8,15H,4,7H2,1-3H3. The second kappa shape index (κ2) is 4.53. The third-order valence-electron chi connectivity index (χ3n) is 3.47. The van der Waals surface area contributed by atoms with Gasteiger partial charge in [0.25, 0.3) is 5.91 Å². The smallest absolute Gasteiger partial charge is 0.276 e. The van der Waals surface area contributed by atoms with Gasteiger partial charge in [-0.05, 0) is 33.3 Å². The summed E-state index contributed by atoms with van der Waals surface area (Å²) in [5, 5.41) is 0. The van der Waals surface area contributed by atoms with E-state index in [2.05, 4.69) is 41.7 Å². The fourth-order valence-electron chi connectivity index (χ4n) is 2.12. The summed E-state index contributed by atoms with van der Waals surface area (Å²) in [6.45, 7) is 6.82. The number of aromatic amines is 1. The van der Waals surface area contributed by atoms with Crippen LogP contribution in [0.3, 0.4) is 0 Å². The Bertz CT molecular complexity index is 487. The highest BCUT2D eigenvalue weighted by Gasteiger charge is 2.40. The Kier molecular flexibility index (Phi) is 3.36. The van der Waals surface area contributed by atoms with Crippen LogP contribution in [0.5, 0.6) is 0 Å². The molecule has 1 aliphatic rings. The number of nitrogens with one attached hydrogen (secondary N) is 1. The van der Waals surface area contributed by atoms with Crippen molar-refractivity contribution in [3.8, 4) is 0 Å². The van der Waals surface area contributed by atoms with Gasteiger partial charge in [-0.25, -0.2) is 0 Å². The molecule has 0 radical (unpaired) electrons. The van der Waals surface area contributed by atoms with Crippen molar-refractivity contribution in [3.05, 3.63) is 22.4 Å². The van der Waals surface area contributed by atoms with Crippen LogP contribution in [0.1, 0.15) is 37.7 Å². The van der Waals surface area contributed by atoms with E-state index in [-0.39, 0.29) is 23.1 Å². The summed E-state index contributed by atoms with van der Waals surface area (Å²) < 4.78 is 0.810. The van der Waals surface area contributed by atoms with E-state index in [1.54, 1.807) is 12.3 Å². The van der Waals surface area contributed by atoms with Crippen LogP contribution in [0.15, 0.2) is 16.7 Å². The van der Waals surface area contributed by atoms with Crippen LogP contribution < -0.4 is 0 Å². The Morgan fingerprint density at radius 3 is 2.61 bits per heavy atom. The normalized spacial score (nSPS) is 20.6. The minimum Gasteiger partial charge on any atom is -0.356 e. The van der Waals surface area contributed by atoms with E-state index in [1.165, 1.54) is 4.90 Å². The van der Waals surface area contributed by atoms with Crippen molar-refractivity contribution in [1.82, 2.24) is 9.88 Å². The van der Waals surface area contributed by atoms with E-state index in [1.807, 2.05) is 0 Å². The third-order valence-corrected chi connectivity index (χ3v) is 3.93. The zero-order chi connectivity index (χ0) is 13.5. The summed E-state index contributed by atoms with van der Waals surface area (Å²) in [6.07, 6.45) is 2.14. The topological polar surface area (TPSA) is 53.2 Å². The number of likely N-dealkylation sites (tertiary alicyclic amines) is 1. The lowest BCUT2D eigenvalue weighted by Crippen LogP contribution is -2.33. The highest BCUT2D eigenvalue weighted by atomic mass is 79.9. The summed E-state index contributed by atoms with van der Waals surface area (Å²) in [4.78, 5) is 28.3. The molecule has 1 saturated heterocycles. The van der Waals surface area contributed by atoms with Gasteiger partial charge in [0.2, 0.25) is 5.91 Å². The predicted molar refractivity (Wildman–Crippen MR) is 72.1 cm³/mol. The molecule has 0 bridgehead atoms. The molecule has 0 saturated carbocycles. The summed E-state index contributed by atoms with van der Waals surface area (Å²) >= 11 is 3.28. The molecule has 1 atom stereocenters. The lowest BCUT2D eigenvalue weighted by molar-refractivity contribution is -0.125. The molecular formula is C13H17BrN2O2. The summed E-state index contributed by atoms with van der Waals surface area (Å²) in [6, 6.07) is 1.69. The zero-order valence-electron chi connectivity index (χ0n) is 10.8. The second-order valence-corrected chi connectivity index (χ2v) is 6.72. The number of rotatable bonds is 1. The van der Waals surface area contributed by atoms with Gasteiger partial charge in [0.1, 0.15) is 5.69 Å². The van der Waals surface area contributed by atoms with Crippen LogP contribution in [0, 0.1) is 11.3 Å². The molecule has 5 heteroatoms. The number of amides is 2. The van der Waals surface area contributed by atoms with Crippen LogP contribution in [-0.2, 0) is 4.79 Å². The SMILES string of the molecule is CC(C)(C)C1CC(=O)N(C(=O)c2cc(Br)c[nH]2)C1. The summed E-state index contributed by atoms with van der Waals surface area (Å²) in [5.74, 6) is -0.0875. The fraction of sp³-hybridized carbons (Fsp3) is 0.538. The maximum absolute atomic E-state index is 12.2. The second-order valence-electron chi connectivity index (χ2n) is 5.81. The molecule has 4 nitrogen and oxygen atoms in total. The maximum atomic E-state index is 12.2. The van der Waals surface area contributed by atoms with Crippen LogP contribution in [0.4, 0.5) is 0 Å². The first-order chi connectivity index (χ1) is 8.29. The van der Waals surface area contributed by atoms with E-state index in [0.29, 0.717) is 18.7 Å². The Morgan fingerprint density at radius 2 is 2.17 bits per heavy atom. The first-order valence-corrected chi connectivity index (χ1v) is 6.77. The molecule has 2 amide bonds. The number of hydrogen-bond acceptors (Lipinski definition) is 2. The highest BCUT2D eigenvalue weighted by molar-refractivity contribution is 9.10. The van der Waals surface area contributed by atoms with E-state index in [0.717, 1.165) is 4.47 Å². The monoisotopic (exact) mass is 312 g/mol. The average molecular weight is 313 g/mol. The Hall–Kier alpha value is -1.10. The van der Waals surface area contributed by atoms with Crippen molar-refractivity contribution in [2.24, 2.45) is 11.3 Å². The summed E-state index contributed by atoms with van der Waals surface area (Å²) in [7, 11) is 0. The van der Waals surface area contributed by atoms with Gasteiger partial charge in [-0.15, -0.1) is 0 Å². The lowest BCUT2D eigenvalue weighted by Gasteiger charge is -2.25. The molecule has 1 aromatic heterocycles. The highest BCUT2D eigenvalue weighted by Crippen LogP contribution is 2.34. The molecule has 0 aliphatic carbocycles. The minimum absolute atomic E-state index is 0.0427. The number of aromatic nitrogens is 1. The average Bonchev–Trinajstić information content (AvgIpc) is 2.83. The van der Waals surface area contributed by atoms with Crippen molar-refractivity contribution in [1.29, 1.82) is 0 Å². The molecule has 1 unspecified atom stereocenters. The molecule has 0 spiro atoms. The first-order valence-electron chi connectivity index (χ1n) is 5.97. The molecule has 0 aromatic carbocycles. The molecule has 98 valence electrons. The quantitative estimate of drug-likeness (QED) is 0.811. The predicted octanol–water partition coefficient (Wildman–Crippen LogP) is 2.81. The molecule has 2 heterocycles. The van der Waals surface area contributed by atoms with Crippen molar-refractivity contribution in [2.45, 2.75) is 27.2 Å². The van der Waals surface area contributed by atoms with E-state index < -0.39 is 0 Å². The Labute approximate surface area is 115 Å². The number of carbonyl (C=O) groups is 2. The van der Waals surface area contributed by atoms with Gasteiger partial charge in [-0.3, -0.25) is 14.5 Å². The molecule has 1 aromatic rings. The van der Waals surface area contributed by atoms with E-state index in [9.17, 15) is 9.59 Å². The molecular weight excluding hydrogens is 296 g/mol. The number of halogens is 1. The van der Waals surface area contributed by atoms with Gasteiger partial charge in [-0.2, -0.15) is 0 Å². The number of nitrogens with zero attached hydrogens (tertiary/aromatic N) is 1. The van der Waals surface area contributed by atoms with Gasteiger partial charge in [-0.1, -0.05) is 20.8 Å². The zero-order valence-corrected chi connectivity index (χ0v) is 12.4. The van der Waals surface area contributed by atoms with Crippen LogP contribution >= 0.6 is 15.9 Å². The maximum Gasteiger partial charge on any atom is 0.276 e. The van der Waals surface area contributed by atoms with Gasteiger partial charge in [0, 0.05) is 23.6 Å². The van der Waals surface area contributed by atoms with Crippen LogP contribution in [0.2, 0.25) is 0 Å². The van der Waals surface area contributed by atoms with E-state index >= 15 is 0 Å². The largest absolute Gasteiger partial charge is 0.356 e. The number of H-pyrrole nitrogens is 1. The Balaban J connectivity index is 2.15. The van der Waals surface area contributed by atoms with Crippen molar-refractivity contribution in [2.75, 3.05) is 6.54 Å². The molecule has 18 heavy (non-hydrogen) atoms. The number of hydrogen-bond donors (Lipinski definition) is 1. The van der Waals surface area contributed by atoms with E-state index in [4.69, 9.17) is 0 Å².